The first-order valence-corrected chi connectivity index (χ1v) is 8.31. The van der Waals surface area contributed by atoms with Gasteiger partial charge in [-0.05, 0) is 31.2 Å². The maximum absolute atomic E-state index is 12.5. The molecule has 3 aromatic heterocycles. The first-order valence-electron chi connectivity index (χ1n) is 7.93. The van der Waals surface area contributed by atoms with Crippen LogP contribution in [0.1, 0.15) is 16.2 Å². The van der Waals surface area contributed by atoms with E-state index in [0.717, 1.165) is 17.0 Å². The third-order valence-electron chi connectivity index (χ3n) is 4.18. The molecule has 3 heterocycles. The van der Waals surface area contributed by atoms with Crippen molar-refractivity contribution in [2.24, 2.45) is 7.05 Å². The molecule has 4 rings (SSSR count). The molecule has 0 unspecified atom stereocenters. The molecule has 1 N–H and O–H groups in total. The second-order valence-corrected chi connectivity index (χ2v) is 6.30. The van der Waals surface area contributed by atoms with Gasteiger partial charge in [-0.2, -0.15) is 10.2 Å². The predicted octanol–water partition coefficient (Wildman–Crippen LogP) is 3.34. The molecule has 0 saturated heterocycles. The number of hydrogen-bond acceptors (Lipinski definition) is 4. The van der Waals surface area contributed by atoms with Crippen molar-refractivity contribution >= 4 is 28.8 Å². The fourth-order valence-corrected chi connectivity index (χ4v) is 2.91. The molecule has 8 heteroatoms. The van der Waals surface area contributed by atoms with Crippen LogP contribution in [0.15, 0.2) is 48.8 Å². The summed E-state index contributed by atoms with van der Waals surface area (Å²) in [6, 6.07) is 10.5. The van der Waals surface area contributed by atoms with Crippen molar-refractivity contribution in [1.29, 1.82) is 0 Å². The highest BCUT2D eigenvalue weighted by molar-refractivity contribution is 6.30. The zero-order valence-electron chi connectivity index (χ0n) is 14.1. The predicted molar refractivity (Wildman–Crippen MR) is 99.3 cm³/mol. The Hall–Kier alpha value is -3.19. The first-order chi connectivity index (χ1) is 12.5. The van der Waals surface area contributed by atoms with E-state index >= 15 is 0 Å². The van der Waals surface area contributed by atoms with Crippen molar-refractivity contribution < 1.29 is 4.79 Å². The van der Waals surface area contributed by atoms with E-state index in [-0.39, 0.29) is 11.6 Å². The van der Waals surface area contributed by atoms with E-state index in [2.05, 4.69) is 20.5 Å². The fourth-order valence-electron chi connectivity index (χ4n) is 2.72. The van der Waals surface area contributed by atoms with Crippen molar-refractivity contribution in [2.75, 3.05) is 5.32 Å². The average molecular weight is 367 g/mol. The molecule has 0 aliphatic rings. The summed E-state index contributed by atoms with van der Waals surface area (Å²) in [5.74, 6) is -0.327. The molecule has 1 aromatic carbocycles. The minimum atomic E-state index is -0.327. The van der Waals surface area contributed by atoms with Crippen LogP contribution in [0.4, 0.5) is 5.69 Å². The topological polar surface area (TPSA) is 77.1 Å². The van der Waals surface area contributed by atoms with E-state index < -0.39 is 0 Å². The standard InChI is InChI=1S/C18H15ClN6O/c1-11-14(10-21-24(11)2)16-6-7-20-17-9-15(23-25(16)17)18(26)22-13-5-3-4-12(19)8-13/h3-10H,1-2H3,(H,22,26). The van der Waals surface area contributed by atoms with Crippen molar-refractivity contribution in [2.45, 2.75) is 6.92 Å². The van der Waals surface area contributed by atoms with Gasteiger partial charge < -0.3 is 5.32 Å². The van der Waals surface area contributed by atoms with Gasteiger partial charge in [-0.3, -0.25) is 9.48 Å². The van der Waals surface area contributed by atoms with Crippen molar-refractivity contribution in [3.63, 3.8) is 0 Å². The van der Waals surface area contributed by atoms with Crippen LogP contribution in [0.5, 0.6) is 0 Å². The second-order valence-electron chi connectivity index (χ2n) is 5.86. The summed E-state index contributed by atoms with van der Waals surface area (Å²) < 4.78 is 3.44. The number of aryl methyl sites for hydroxylation is 1. The van der Waals surface area contributed by atoms with E-state index in [1.165, 1.54) is 0 Å². The molecule has 0 saturated carbocycles. The van der Waals surface area contributed by atoms with E-state index in [9.17, 15) is 4.79 Å². The number of hydrogen-bond donors (Lipinski definition) is 1. The maximum atomic E-state index is 12.5. The number of carbonyl (C=O) groups excluding carboxylic acids is 1. The highest BCUT2D eigenvalue weighted by atomic mass is 35.5. The molecule has 4 aromatic rings. The van der Waals surface area contributed by atoms with Gasteiger partial charge in [0.15, 0.2) is 11.3 Å². The Morgan fingerprint density at radius 2 is 2.08 bits per heavy atom. The molecule has 0 fully saturated rings. The van der Waals surface area contributed by atoms with Gasteiger partial charge in [0.25, 0.3) is 5.91 Å². The number of nitrogens with one attached hydrogen (secondary N) is 1. The van der Waals surface area contributed by atoms with Crippen LogP contribution >= 0.6 is 11.6 Å². The summed E-state index contributed by atoms with van der Waals surface area (Å²) in [5.41, 5.74) is 4.22. The molecule has 0 radical (unpaired) electrons. The molecular formula is C18H15ClN6O. The quantitative estimate of drug-likeness (QED) is 0.603. The Morgan fingerprint density at radius 3 is 2.81 bits per heavy atom. The van der Waals surface area contributed by atoms with Gasteiger partial charge in [0.1, 0.15) is 0 Å². The maximum Gasteiger partial charge on any atom is 0.276 e. The summed E-state index contributed by atoms with van der Waals surface area (Å²) in [4.78, 5) is 16.8. The third-order valence-corrected chi connectivity index (χ3v) is 4.42. The monoisotopic (exact) mass is 366 g/mol. The lowest BCUT2D eigenvalue weighted by atomic mass is 10.2. The molecule has 0 bridgehead atoms. The van der Waals surface area contributed by atoms with E-state index in [1.807, 2.05) is 20.0 Å². The van der Waals surface area contributed by atoms with Gasteiger partial charge in [-0.1, -0.05) is 17.7 Å². The van der Waals surface area contributed by atoms with Crippen LogP contribution in [0.25, 0.3) is 16.9 Å². The lowest BCUT2D eigenvalue weighted by molar-refractivity contribution is 0.102. The summed E-state index contributed by atoms with van der Waals surface area (Å²) in [6.45, 7) is 1.98. The van der Waals surface area contributed by atoms with Gasteiger partial charge in [-0.25, -0.2) is 9.50 Å². The second kappa shape index (κ2) is 6.27. The number of halogens is 1. The summed E-state index contributed by atoms with van der Waals surface area (Å²) >= 11 is 5.96. The van der Waals surface area contributed by atoms with E-state index in [0.29, 0.717) is 16.4 Å². The number of carbonyl (C=O) groups is 1. The Morgan fingerprint density at radius 1 is 1.23 bits per heavy atom. The van der Waals surface area contributed by atoms with Crippen LogP contribution in [-0.4, -0.2) is 30.3 Å². The van der Waals surface area contributed by atoms with Crippen molar-refractivity contribution in [1.82, 2.24) is 24.4 Å². The fraction of sp³-hybridized carbons (Fsp3) is 0.111. The normalized spacial score (nSPS) is 11.0. The van der Waals surface area contributed by atoms with E-state index in [1.54, 1.807) is 51.9 Å². The number of aromatic nitrogens is 5. The Balaban J connectivity index is 1.73. The van der Waals surface area contributed by atoms with Crippen molar-refractivity contribution in [3.8, 4) is 11.3 Å². The number of benzene rings is 1. The largest absolute Gasteiger partial charge is 0.321 e. The number of nitrogens with zero attached hydrogens (tertiary/aromatic N) is 5. The van der Waals surface area contributed by atoms with Gasteiger partial charge >= 0.3 is 0 Å². The number of rotatable bonds is 3. The summed E-state index contributed by atoms with van der Waals surface area (Å²) in [7, 11) is 1.88. The van der Waals surface area contributed by atoms with Crippen LogP contribution in [0.3, 0.4) is 0 Å². The van der Waals surface area contributed by atoms with Crippen molar-refractivity contribution in [3.05, 3.63) is 65.2 Å². The van der Waals surface area contributed by atoms with Gasteiger partial charge in [0.2, 0.25) is 0 Å². The minimum Gasteiger partial charge on any atom is -0.321 e. The zero-order valence-corrected chi connectivity index (χ0v) is 14.9. The molecule has 7 nitrogen and oxygen atoms in total. The third kappa shape index (κ3) is 2.82. The molecule has 130 valence electrons. The van der Waals surface area contributed by atoms with E-state index in [4.69, 9.17) is 11.6 Å². The molecule has 0 aliphatic carbocycles. The van der Waals surface area contributed by atoms with Crippen LogP contribution < -0.4 is 5.32 Å². The lowest BCUT2D eigenvalue weighted by Crippen LogP contribution is -2.12. The summed E-state index contributed by atoms with van der Waals surface area (Å²) in [5, 5.41) is 12.0. The Bertz CT molecular complexity index is 1130. The summed E-state index contributed by atoms with van der Waals surface area (Å²) in [6.07, 6.45) is 3.47. The molecule has 0 atom stereocenters. The molecular weight excluding hydrogens is 352 g/mol. The average Bonchev–Trinajstić information content (AvgIpc) is 3.19. The van der Waals surface area contributed by atoms with Gasteiger partial charge in [0.05, 0.1) is 11.9 Å². The Labute approximate surface area is 154 Å². The van der Waals surface area contributed by atoms with Crippen LogP contribution in [-0.2, 0) is 7.05 Å². The molecule has 0 spiro atoms. The minimum absolute atomic E-state index is 0.270. The Kier molecular flexibility index (Phi) is 3.93. The number of fused-ring (bicyclic) bond motifs is 1. The highest BCUT2D eigenvalue weighted by Gasteiger charge is 2.16. The SMILES string of the molecule is Cc1c(-c2ccnc3cc(C(=O)Nc4cccc(Cl)c4)nn23)cnn1C. The van der Waals surface area contributed by atoms with Crippen LogP contribution in [0, 0.1) is 6.92 Å². The van der Waals surface area contributed by atoms with Gasteiger partial charge in [0, 0.05) is 41.3 Å². The molecule has 26 heavy (non-hydrogen) atoms. The highest BCUT2D eigenvalue weighted by Crippen LogP contribution is 2.23. The lowest BCUT2D eigenvalue weighted by Gasteiger charge is -2.04. The molecule has 0 aliphatic heterocycles. The van der Waals surface area contributed by atoms with Gasteiger partial charge in [-0.15, -0.1) is 0 Å². The van der Waals surface area contributed by atoms with Crippen LogP contribution in [0.2, 0.25) is 5.02 Å². The number of amides is 1. The zero-order chi connectivity index (χ0) is 18.3. The number of anilines is 1. The smallest absolute Gasteiger partial charge is 0.276 e. The molecule has 1 amide bonds. The first kappa shape index (κ1) is 16.3.